The first-order valence-corrected chi connectivity index (χ1v) is 8.07. The zero-order valence-electron chi connectivity index (χ0n) is 13.7. The summed E-state index contributed by atoms with van der Waals surface area (Å²) in [7, 11) is 3.86. The van der Waals surface area contributed by atoms with Gasteiger partial charge < -0.3 is 15.5 Å². The second-order valence-electron chi connectivity index (χ2n) is 5.34. The lowest BCUT2D eigenvalue weighted by atomic mass is 10.2. The Morgan fingerprint density at radius 3 is 2.60 bits per heavy atom. The summed E-state index contributed by atoms with van der Waals surface area (Å²) in [5.41, 5.74) is 2.05. The van der Waals surface area contributed by atoms with E-state index in [4.69, 9.17) is 23.2 Å². The van der Waals surface area contributed by atoms with Gasteiger partial charge in [-0.3, -0.25) is 4.79 Å². The van der Waals surface area contributed by atoms with Gasteiger partial charge >= 0.3 is 0 Å². The fourth-order valence-electron chi connectivity index (χ4n) is 1.96. The van der Waals surface area contributed by atoms with Crippen molar-refractivity contribution < 1.29 is 4.79 Å². The first-order valence-electron chi connectivity index (χ1n) is 7.31. The number of amides is 1. The van der Waals surface area contributed by atoms with Crippen molar-refractivity contribution in [2.24, 2.45) is 0 Å². The van der Waals surface area contributed by atoms with E-state index in [9.17, 15) is 10.1 Å². The molecule has 2 aromatic carbocycles. The summed E-state index contributed by atoms with van der Waals surface area (Å²) in [5.74, 6) is -0.567. The molecule has 0 bridgehead atoms. The number of hydrogen-bond donors (Lipinski definition) is 2. The molecule has 128 valence electrons. The van der Waals surface area contributed by atoms with Crippen LogP contribution >= 0.6 is 23.2 Å². The minimum Gasteiger partial charge on any atom is -0.378 e. The SMILES string of the molecule is CN(C)c1cccc(N/C=C(/C#N)C(=O)Nc2ccc(Cl)cc2Cl)c1. The Labute approximate surface area is 156 Å². The summed E-state index contributed by atoms with van der Waals surface area (Å²) < 4.78 is 0. The number of carbonyl (C=O) groups is 1. The van der Waals surface area contributed by atoms with Crippen LogP contribution in [0.4, 0.5) is 17.1 Å². The molecule has 0 spiro atoms. The van der Waals surface area contributed by atoms with Crippen molar-refractivity contribution in [3.05, 3.63) is 64.3 Å². The van der Waals surface area contributed by atoms with Gasteiger partial charge in [-0.15, -0.1) is 0 Å². The Kier molecular flexibility index (Phi) is 6.29. The van der Waals surface area contributed by atoms with E-state index in [2.05, 4.69) is 10.6 Å². The molecule has 0 aliphatic carbocycles. The number of rotatable bonds is 5. The minimum atomic E-state index is -0.567. The van der Waals surface area contributed by atoms with Crippen LogP contribution < -0.4 is 15.5 Å². The first-order chi connectivity index (χ1) is 11.9. The number of halogens is 2. The number of anilines is 3. The molecule has 2 rings (SSSR count). The Bertz CT molecular complexity index is 856. The predicted octanol–water partition coefficient (Wildman–Crippen LogP) is 4.52. The van der Waals surface area contributed by atoms with Crippen molar-refractivity contribution in [1.82, 2.24) is 0 Å². The van der Waals surface area contributed by atoms with Gasteiger partial charge in [0.1, 0.15) is 11.6 Å². The molecule has 0 atom stereocenters. The molecule has 1 amide bonds. The summed E-state index contributed by atoms with van der Waals surface area (Å²) in [6.45, 7) is 0. The molecule has 2 aromatic rings. The summed E-state index contributed by atoms with van der Waals surface area (Å²) in [6.07, 6.45) is 1.36. The molecule has 0 unspecified atom stereocenters. The summed E-state index contributed by atoms with van der Waals surface area (Å²) in [5, 5.41) is 15.5. The number of hydrogen-bond acceptors (Lipinski definition) is 4. The summed E-state index contributed by atoms with van der Waals surface area (Å²) in [4.78, 5) is 14.2. The molecular formula is C18H16Cl2N4O. The van der Waals surface area contributed by atoms with Crippen LogP contribution in [0.15, 0.2) is 54.2 Å². The number of nitriles is 1. The van der Waals surface area contributed by atoms with Crippen molar-refractivity contribution in [1.29, 1.82) is 5.26 Å². The van der Waals surface area contributed by atoms with E-state index in [0.29, 0.717) is 15.7 Å². The van der Waals surface area contributed by atoms with Gasteiger partial charge in [-0.1, -0.05) is 29.3 Å². The smallest absolute Gasteiger partial charge is 0.267 e. The third-order valence-electron chi connectivity index (χ3n) is 3.29. The second-order valence-corrected chi connectivity index (χ2v) is 6.18. The van der Waals surface area contributed by atoms with Gasteiger partial charge in [0.15, 0.2) is 0 Å². The molecule has 0 saturated heterocycles. The fraction of sp³-hybridized carbons (Fsp3) is 0.111. The number of nitrogens with one attached hydrogen (secondary N) is 2. The quantitative estimate of drug-likeness (QED) is 0.596. The Balaban J connectivity index is 2.13. The van der Waals surface area contributed by atoms with Crippen LogP contribution in [0, 0.1) is 11.3 Å². The van der Waals surface area contributed by atoms with Crippen molar-refractivity contribution in [2.75, 3.05) is 29.6 Å². The van der Waals surface area contributed by atoms with E-state index in [1.807, 2.05) is 49.3 Å². The van der Waals surface area contributed by atoms with Crippen LogP contribution in [0.1, 0.15) is 0 Å². The molecule has 0 aromatic heterocycles. The van der Waals surface area contributed by atoms with Gasteiger partial charge in [-0.25, -0.2) is 0 Å². The lowest BCUT2D eigenvalue weighted by Crippen LogP contribution is -2.15. The van der Waals surface area contributed by atoms with Gasteiger partial charge in [-0.2, -0.15) is 5.26 Å². The molecular weight excluding hydrogens is 359 g/mol. The summed E-state index contributed by atoms with van der Waals surface area (Å²) in [6, 6.07) is 14.1. The third-order valence-corrected chi connectivity index (χ3v) is 3.84. The molecule has 0 aliphatic rings. The van der Waals surface area contributed by atoms with Crippen LogP contribution in [0.5, 0.6) is 0 Å². The fourth-order valence-corrected chi connectivity index (χ4v) is 2.41. The van der Waals surface area contributed by atoms with E-state index in [-0.39, 0.29) is 5.57 Å². The van der Waals surface area contributed by atoms with Crippen LogP contribution in [0.25, 0.3) is 0 Å². The molecule has 0 aliphatic heterocycles. The average Bonchev–Trinajstić information content (AvgIpc) is 2.58. The number of carbonyl (C=O) groups excluding carboxylic acids is 1. The van der Waals surface area contributed by atoms with Gasteiger partial charge in [-0.05, 0) is 36.4 Å². The van der Waals surface area contributed by atoms with Crippen molar-refractivity contribution in [3.8, 4) is 6.07 Å². The molecule has 5 nitrogen and oxygen atoms in total. The van der Waals surface area contributed by atoms with Crippen LogP contribution in [0.3, 0.4) is 0 Å². The highest BCUT2D eigenvalue weighted by atomic mass is 35.5. The first kappa shape index (κ1) is 18.7. The standard InChI is InChI=1S/C18H16Cl2N4O/c1-24(2)15-5-3-4-14(9-15)22-11-12(10-21)18(25)23-17-7-6-13(19)8-16(17)20/h3-9,11,22H,1-2H3,(H,23,25)/b12-11-. The van der Waals surface area contributed by atoms with E-state index >= 15 is 0 Å². The van der Waals surface area contributed by atoms with E-state index in [0.717, 1.165) is 11.4 Å². The maximum Gasteiger partial charge on any atom is 0.267 e. The maximum absolute atomic E-state index is 12.2. The Morgan fingerprint density at radius 2 is 1.96 bits per heavy atom. The van der Waals surface area contributed by atoms with E-state index < -0.39 is 5.91 Å². The Hall–Kier alpha value is -2.68. The zero-order chi connectivity index (χ0) is 18.4. The van der Waals surface area contributed by atoms with Crippen LogP contribution in [0.2, 0.25) is 10.0 Å². The largest absolute Gasteiger partial charge is 0.378 e. The van der Waals surface area contributed by atoms with Crippen LogP contribution in [-0.2, 0) is 4.79 Å². The van der Waals surface area contributed by atoms with Crippen molar-refractivity contribution in [3.63, 3.8) is 0 Å². The normalized spacial score (nSPS) is 10.8. The second kappa shape index (κ2) is 8.43. The van der Waals surface area contributed by atoms with Gasteiger partial charge in [0.2, 0.25) is 0 Å². The molecule has 0 heterocycles. The van der Waals surface area contributed by atoms with E-state index in [1.54, 1.807) is 12.1 Å². The van der Waals surface area contributed by atoms with Crippen LogP contribution in [-0.4, -0.2) is 20.0 Å². The molecule has 25 heavy (non-hydrogen) atoms. The number of nitrogens with zero attached hydrogens (tertiary/aromatic N) is 2. The topological polar surface area (TPSA) is 68.2 Å². The highest BCUT2D eigenvalue weighted by Crippen LogP contribution is 2.25. The highest BCUT2D eigenvalue weighted by Gasteiger charge is 2.11. The molecule has 7 heteroatoms. The lowest BCUT2D eigenvalue weighted by molar-refractivity contribution is -0.112. The van der Waals surface area contributed by atoms with Gasteiger partial charge in [0.25, 0.3) is 5.91 Å². The molecule has 0 radical (unpaired) electrons. The maximum atomic E-state index is 12.2. The zero-order valence-corrected chi connectivity index (χ0v) is 15.2. The number of benzene rings is 2. The molecule has 2 N–H and O–H groups in total. The summed E-state index contributed by atoms with van der Waals surface area (Å²) >= 11 is 11.8. The highest BCUT2D eigenvalue weighted by molar-refractivity contribution is 6.36. The third kappa shape index (κ3) is 5.15. The average molecular weight is 375 g/mol. The molecule has 0 saturated carbocycles. The molecule has 0 fully saturated rings. The predicted molar refractivity (Wildman–Crippen MR) is 103 cm³/mol. The van der Waals surface area contributed by atoms with E-state index in [1.165, 1.54) is 12.3 Å². The van der Waals surface area contributed by atoms with Crippen molar-refractivity contribution >= 4 is 46.2 Å². The van der Waals surface area contributed by atoms with Gasteiger partial charge in [0, 0.05) is 36.7 Å². The van der Waals surface area contributed by atoms with Crippen molar-refractivity contribution in [2.45, 2.75) is 0 Å². The Morgan fingerprint density at radius 1 is 1.20 bits per heavy atom. The van der Waals surface area contributed by atoms with Gasteiger partial charge in [0.05, 0.1) is 10.7 Å². The lowest BCUT2D eigenvalue weighted by Gasteiger charge is -2.13. The monoisotopic (exact) mass is 374 g/mol. The minimum absolute atomic E-state index is 0.0822.